The van der Waals surface area contributed by atoms with E-state index in [0.717, 1.165) is 10.0 Å². The van der Waals surface area contributed by atoms with Crippen molar-refractivity contribution >= 4 is 55.5 Å². The summed E-state index contributed by atoms with van der Waals surface area (Å²) in [5.41, 5.74) is 2.22. The van der Waals surface area contributed by atoms with Crippen molar-refractivity contribution in [1.82, 2.24) is 0 Å². The highest BCUT2D eigenvalue weighted by atomic mass is 79.9. The van der Waals surface area contributed by atoms with E-state index in [4.69, 9.17) is 4.74 Å². The monoisotopic (exact) mass is 568 g/mol. The van der Waals surface area contributed by atoms with Crippen molar-refractivity contribution in [3.8, 4) is 11.8 Å². The second-order valence-corrected chi connectivity index (χ2v) is 8.54. The Bertz CT molecular complexity index is 1230. The van der Waals surface area contributed by atoms with Crippen molar-refractivity contribution in [2.24, 2.45) is 0 Å². The first kappa shape index (κ1) is 24.2. The highest BCUT2D eigenvalue weighted by Crippen LogP contribution is 2.35. The van der Waals surface area contributed by atoms with Crippen LogP contribution in [0.5, 0.6) is 5.75 Å². The summed E-state index contributed by atoms with van der Waals surface area (Å²) in [6.45, 7) is 0.322. The van der Waals surface area contributed by atoms with Crippen LogP contribution in [0.3, 0.4) is 0 Å². The Balaban J connectivity index is 1.84. The number of amides is 1. The third kappa shape index (κ3) is 6.54. The van der Waals surface area contributed by atoms with E-state index < -0.39 is 11.9 Å². The van der Waals surface area contributed by atoms with Gasteiger partial charge in [-0.1, -0.05) is 46.3 Å². The summed E-state index contributed by atoms with van der Waals surface area (Å²) in [5.74, 6) is -0.563. The van der Waals surface area contributed by atoms with Gasteiger partial charge in [0.05, 0.1) is 17.1 Å². The number of rotatable bonds is 7. The molecular formula is C25H18Br2N2O4. The van der Waals surface area contributed by atoms with Crippen LogP contribution in [0.2, 0.25) is 0 Å². The largest absolute Gasteiger partial charge is 0.487 e. The van der Waals surface area contributed by atoms with Gasteiger partial charge in [-0.2, -0.15) is 5.26 Å². The van der Waals surface area contributed by atoms with E-state index in [1.807, 2.05) is 42.5 Å². The average Bonchev–Trinajstić information content (AvgIpc) is 2.82. The van der Waals surface area contributed by atoms with E-state index in [9.17, 15) is 14.9 Å². The molecule has 0 aliphatic carbocycles. The van der Waals surface area contributed by atoms with Crippen molar-refractivity contribution in [1.29, 1.82) is 5.26 Å². The van der Waals surface area contributed by atoms with Gasteiger partial charge in [0.2, 0.25) is 0 Å². The summed E-state index contributed by atoms with van der Waals surface area (Å²) in [6, 6.07) is 21.4. The lowest BCUT2D eigenvalue weighted by Crippen LogP contribution is -2.13. The summed E-state index contributed by atoms with van der Waals surface area (Å²) in [7, 11) is 1.29. The zero-order valence-electron chi connectivity index (χ0n) is 17.5. The molecule has 0 radical (unpaired) electrons. The van der Waals surface area contributed by atoms with Crippen molar-refractivity contribution in [2.45, 2.75) is 6.61 Å². The van der Waals surface area contributed by atoms with E-state index in [0.29, 0.717) is 33.6 Å². The Kier molecular flexibility index (Phi) is 8.41. The molecule has 6 nitrogen and oxygen atoms in total. The molecule has 3 rings (SSSR count). The summed E-state index contributed by atoms with van der Waals surface area (Å²) >= 11 is 6.93. The lowest BCUT2D eigenvalue weighted by molar-refractivity contribution is -0.112. The first-order chi connectivity index (χ1) is 15.9. The molecule has 0 atom stereocenters. The molecule has 0 bridgehead atoms. The van der Waals surface area contributed by atoms with Gasteiger partial charge < -0.3 is 14.8 Å². The van der Waals surface area contributed by atoms with E-state index >= 15 is 0 Å². The fraction of sp³-hybridized carbons (Fsp3) is 0.0800. The SMILES string of the molecule is COC(=O)c1ccc(NC(=O)/C(C#N)=C/c2cc(Br)cc(Br)c2OCc2ccccc2)cc1. The number of benzene rings is 3. The van der Waals surface area contributed by atoms with Crippen LogP contribution in [0.4, 0.5) is 5.69 Å². The molecule has 0 fully saturated rings. The number of hydrogen-bond acceptors (Lipinski definition) is 5. The van der Waals surface area contributed by atoms with Crippen molar-refractivity contribution in [3.63, 3.8) is 0 Å². The molecule has 33 heavy (non-hydrogen) atoms. The minimum atomic E-state index is -0.589. The average molecular weight is 570 g/mol. The van der Waals surface area contributed by atoms with Crippen LogP contribution in [0.1, 0.15) is 21.5 Å². The number of carbonyl (C=O) groups is 2. The van der Waals surface area contributed by atoms with Gasteiger partial charge in [0, 0.05) is 15.7 Å². The molecule has 0 spiro atoms. The number of ether oxygens (including phenoxy) is 2. The number of esters is 1. The Morgan fingerprint density at radius 2 is 1.76 bits per heavy atom. The fourth-order valence-electron chi connectivity index (χ4n) is 2.88. The Morgan fingerprint density at radius 3 is 2.39 bits per heavy atom. The van der Waals surface area contributed by atoms with Gasteiger partial charge in [-0.05, 0) is 64.0 Å². The van der Waals surface area contributed by atoms with E-state index in [2.05, 4.69) is 41.9 Å². The summed E-state index contributed by atoms with van der Waals surface area (Å²) in [6.07, 6.45) is 1.47. The zero-order chi connectivity index (χ0) is 23.8. The maximum absolute atomic E-state index is 12.7. The number of methoxy groups -OCH3 is 1. The number of nitrogens with one attached hydrogen (secondary N) is 1. The van der Waals surface area contributed by atoms with Crippen LogP contribution >= 0.6 is 31.9 Å². The number of hydrogen-bond donors (Lipinski definition) is 1. The molecule has 0 heterocycles. The summed E-state index contributed by atoms with van der Waals surface area (Å²) in [5, 5.41) is 12.3. The standard InChI is InChI=1S/C25H18Br2N2O4/c1-32-25(31)17-7-9-21(10-8-17)29-24(30)19(14-28)11-18-12-20(26)13-22(27)23(18)33-15-16-5-3-2-4-6-16/h2-13H,15H2,1H3,(H,29,30)/b19-11+. The van der Waals surface area contributed by atoms with Gasteiger partial charge in [0.15, 0.2) is 0 Å². The summed E-state index contributed by atoms with van der Waals surface area (Å²) in [4.78, 5) is 24.3. The highest BCUT2D eigenvalue weighted by Gasteiger charge is 2.15. The molecule has 0 aliphatic rings. The first-order valence-corrected chi connectivity index (χ1v) is 11.3. The van der Waals surface area contributed by atoms with E-state index in [1.54, 1.807) is 18.2 Å². The summed E-state index contributed by atoms with van der Waals surface area (Å²) < 4.78 is 12.1. The minimum absolute atomic E-state index is 0.110. The van der Waals surface area contributed by atoms with Gasteiger partial charge in [0.25, 0.3) is 5.91 Å². The topological polar surface area (TPSA) is 88.4 Å². The van der Waals surface area contributed by atoms with Crippen LogP contribution in [0, 0.1) is 11.3 Å². The molecule has 3 aromatic carbocycles. The number of carbonyl (C=O) groups excluding carboxylic acids is 2. The quantitative estimate of drug-likeness (QED) is 0.210. The van der Waals surface area contributed by atoms with Gasteiger partial charge in [-0.3, -0.25) is 4.79 Å². The van der Waals surface area contributed by atoms with Gasteiger partial charge in [-0.25, -0.2) is 4.79 Å². The van der Waals surface area contributed by atoms with Crippen molar-refractivity contribution in [2.75, 3.05) is 12.4 Å². The Labute approximate surface area is 208 Å². The predicted octanol–water partition coefficient (Wildman–Crippen LogP) is 6.12. The normalized spacial score (nSPS) is 10.8. The molecular weight excluding hydrogens is 552 g/mol. The predicted molar refractivity (Wildman–Crippen MR) is 133 cm³/mol. The van der Waals surface area contributed by atoms with Crippen LogP contribution in [0.15, 0.2) is 81.2 Å². The fourth-order valence-corrected chi connectivity index (χ4v) is 4.25. The van der Waals surface area contributed by atoms with Crippen molar-refractivity contribution < 1.29 is 19.1 Å². The van der Waals surface area contributed by atoms with Crippen LogP contribution < -0.4 is 10.1 Å². The van der Waals surface area contributed by atoms with Gasteiger partial charge in [0.1, 0.15) is 24.0 Å². The molecule has 8 heteroatoms. The lowest BCUT2D eigenvalue weighted by atomic mass is 10.1. The lowest BCUT2D eigenvalue weighted by Gasteiger charge is -2.13. The van der Waals surface area contributed by atoms with Crippen LogP contribution in [-0.2, 0) is 16.1 Å². The molecule has 0 saturated carbocycles. The molecule has 1 amide bonds. The molecule has 0 aromatic heterocycles. The third-order valence-corrected chi connectivity index (χ3v) is 5.54. The number of nitriles is 1. The highest BCUT2D eigenvalue weighted by molar-refractivity contribution is 9.11. The van der Waals surface area contributed by atoms with Gasteiger partial charge >= 0.3 is 5.97 Å². The Hall–Kier alpha value is -3.41. The third-order valence-electron chi connectivity index (χ3n) is 4.49. The second kappa shape index (κ2) is 11.5. The van der Waals surface area contributed by atoms with Crippen LogP contribution in [0.25, 0.3) is 6.08 Å². The maximum atomic E-state index is 12.7. The first-order valence-electron chi connectivity index (χ1n) is 9.68. The van der Waals surface area contributed by atoms with E-state index in [-0.39, 0.29) is 5.57 Å². The number of anilines is 1. The zero-order valence-corrected chi connectivity index (χ0v) is 20.6. The van der Waals surface area contributed by atoms with E-state index in [1.165, 1.54) is 25.3 Å². The smallest absolute Gasteiger partial charge is 0.337 e. The molecule has 0 aliphatic heterocycles. The molecule has 0 unspecified atom stereocenters. The number of nitrogens with zero attached hydrogens (tertiary/aromatic N) is 1. The van der Waals surface area contributed by atoms with Crippen molar-refractivity contribution in [3.05, 3.63) is 97.9 Å². The maximum Gasteiger partial charge on any atom is 0.337 e. The van der Waals surface area contributed by atoms with Gasteiger partial charge in [-0.15, -0.1) is 0 Å². The number of halogens is 2. The molecule has 0 saturated heterocycles. The second-order valence-electron chi connectivity index (χ2n) is 6.77. The molecule has 166 valence electrons. The molecule has 1 N–H and O–H groups in total. The Morgan fingerprint density at radius 1 is 1.06 bits per heavy atom. The van der Waals surface area contributed by atoms with Crippen LogP contribution in [-0.4, -0.2) is 19.0 Å². The minimum Gasteiger partial charge on any atom is -0.487 e. The molecule has 3 aromatic rings.